The Bertz CT molecular complexity index is 202. The molecule has 0 aromatic heterocycles. The molecule has 0 bridgehead atoms. The number of allylic oxidation sites excluding steroid dienone is 6. The summed E-state index contributed by atoms with van der Waals surface area (Å²) < 4.78 is 0. The summed E-state index contributed by atoms with van der Waals surface area (Å²) in [6.07, 6.45) is 11.6. The Labute approximate surface area is 62.9 Å². The quantitative estimate of drug-likeness (QED) is 0.476. The van der Waals surface area contributed by atoms with Crippen LogP contribution < -0.4 is 0 Å². The van der Waals surface area contributed by atoms with Crippen LogP contribution in [-0.2, 0) is 0 Å². The molecule has 0 aromatic rings. The Hall–Kier alpha value is -0.780. The molecule has 1 aliphatic rings. The summed E-state index contributed by atoms with van der Waals surface area (Å²) in [7, 11) is 0. The standard InChI is InChI=1S/C10H13/c1-9-5-4-7-10(2,3)8-6-9/h4-5,7-8H,1-3H3. The zero-order valence-corrected chi connectivity index (χ0v) is 6.81. The minimum absolute atomic E-state index is 0.175. The van der Waals surface area contributed by atoms with Crippen molar-refractivity contribution in [2.75, 3.05) is 0 Å². The fourth-order valence-corrected chi connectivity index (χ4v) is 0.837. The normalized spacial score (nSPS) is 22.1. The van der Waals surface area contributed by atoms with Crippen molar-refractivity contribution in [2.45, 2.75) is 20.8 Å². The first-order valence-corrected chi connectivity index (χ1v) is 3.57. The Balaban J connectivity index is 2.88. The number of hydrogen-bond acceptors (Lipinski definition) is 0. The van der Waals surface area contributed by atoms with Crippen molar-refractivity contribution >= 4 is 0 Å². The Morgan fingerprint density at radius 2 is 2.10 bits per heavy atom. The topological polar surface area (TPSA) is 0 Å². The molecule has 0 N–H and O–H groups in total. The van der Waals surface area contributed by atoms with Crippen LogP contribution in [0.2, 0.25) is 0 Å². The van der Waals surface area contributed by atoms with Crippen LogP contribution in [-0.4, -0.2) is 0 Å². The van der Waals surface area contributed by atoms with Gasteiger partial charge in [-0.1, -0.05) is 38.2 Å². The first-order chi connectivity index (χ1) is 4.60. The van der Waals surface area contributed by atoms with Crippen molar-refractivity contribution in [3.05, 3.63) is 36.0 Å². The summed E-state index contributed by atoms with van der Waals surface area (Å²) in [5.74, 6) is 0. The largest absolute Gasteiger partial charge is 0.0751 e. The molecule has 0 aliphatic heterocycles. The molecule has 53 valence electrons. The van der Waals surface area contributed by atoms with E-state index >= 15 is 0 Å². The van der Waals surface area contributed by atoms with Crippen LogP contribution in [0.25, 0.3) is 0 Å². The molecule has 0 fully saturated rings. The van der Waals surface area contributed by atoms with E-state index in [1.54, 1.807) is 0 Å². The van der Waals surface area contributed by atoms with Gasteiger partial charge in [-0.2, -0.15) is 0 Å². The van der Waals surface area contributed by atoms with E-state index in [1.165, 1.54) is 5.57 Å². The lowest BCUT2D eigenvalue weighted by molar-refractivity contribution is 0.625. The van der Waals surface area contributed by atoms with Gasteiger partial charge in [0.25, 0.3) is 0 Å². The second-order valence-electron chi connectivity index (χ2n) is 3.32. The smallest absolute Gasteiger partial charge is 0.00168 e. The minimum Gasteiger partial charge on any atom is -0.0751 e. The van der Waals surface area contributed by atoms with E-state index in [4.69, 9.17) is 0 Å². The Morgan fingerprint density at radius 1 is 1.40 bits per heavy atom. The third-order valence-corrected chi connectivity index (χ3v) is 1.54. The average molecular weight is 133 g/mol. The number of hydrogen-bond donors (Lipinski definition) is 0. The third-order valence-electron chi connectivity index (χ3n) is 1.54. The van der Waals surface area contributed by atoms with Crippen LogP contribution in [0.5, 0.6) is 0 Å². The predicted octanol–water partition coefficient (Wildman–Crippen LogP) is 2.89. The van der Waals surface area contributed by atoms with Crippen LogP contribution in [0.15, 0.2) is 29.9 Å². The van der Waals surface area contributed by atoms with E-state index in [0.717, 1.165) is 0 Å². The van der Waals surface area contributed by atoms with Crippen molar-refractivity contribution in [1.82, 2.24) is 0 Å². The number of rotatable bonds is 0. The molecule has 0 unspecified atom stereocenters. The highest BCUT2D eigenvalue weighted by atomic mass is 14.1. The van der Waals surface area contributed by atoms with E-state index in [-0.39, 0.29) is 5.41 Å². The fraction of sp³-hybridized carbons (Fsp3) is 0.400. The fourth-order valence-electron chi connectivity index (χ4n) is 0.837. The zero-order valence-electron chi connectivity index (χ0n) is 6.81. The molecule has 0 heteroatoms. The van der Waals surface area contributed by atoms with Crippen LogP contribution in [0.1, 0.15) is 20.8 Å². The molecule has 0 nitrogen and oxygen atoms in total. The van der Waals surface area contributed by atoms with Crippen molar-refractivity contribution in [1.29, 1.82) is 0 Å². The third kappa shape index (κ3) is 1.87. The SMILES string of the molecule is CC1=CC=CC(C)(C)C=[C]1. The maximum absolute atomic E-state index is 3.21. The van der Waals surface area contributed by atoms with Crippen molar-refractivity contribution in [2.24, 2.45) is 5.41 Å². The van der Waals surface area contributed by atoms with E-state index < -0.39 is 0 Å². The van der Waals surface area contributed by atoms with Crippen LogP contribution >= 0.6 is 0 Å². The molecule has 0 saturated carbocycles. The molecule has 10 heavy (non-hydrogen) atoms. The second kappa shape index (κ2) is 2.45. The lowest BCUT2D eigenvalue weighted by Gasteiger charge is -2.11. The maximum Gasteiger partial charge on any atom is 0.00168 e. The van der Waals surface area contributed by atoms with Crippen LogP contribution in [0.4, 0.5) is 0 Å². The molecule has 0 atom stereocenters. The lowest BCUT2D eigenvalue weighted by Crippen LogP contribution is -2.00. The van der Waals surface area contributed by atoms with Gasteiger partial charge in [-0.3, -0.25) is 0 Å². The van der Waals surface area contributed by atoms with Gasteiger partial charge in [-0.15, -0.1) is 0 Å². The molecule has 0 aromatic carbocycles. The van der Waals surface area contributed by atoms with E-state index in [0.29, 0.717) is 0 Å². The highest BCUT2D eigenvalue weighted by Gasteiger charge is 2.08. The van der Waals surface area contributed by atoms with E-state index in [1.807, 2.05) is 0 Å². The lowest BCUT2D eigenvalue weighted by atomic mass is 9.93. The highest BCUT2D eigenvalue weighted by molar-refractivity contribution is 5.25. The van der Waals surface area contributed by atoms with Gasteiger partial charge in [0.1, 0.15) is 0 Å². The van der Waals surface area contributed by atoms with Gasteiger partial charge in [0.05, 0.1) is 0 Å². The summed E-state index contributed by atoms with van der Waals surface area (Å²) in [6.45, 7) is 6.40. The van der Waals surface area contributed by atoms with Gasteiger partial charge in [-0.25, -0.2) is 0 Å². The van der Waals surface area contributed by atoms with Gasteiger partial charge in [0.2, 0.25) is 0 Å². The molecule has 0 amide bonds. The summed E-state index contributed by atoms with van der Waals surface area (Å²) in [5.41, 5.74) is 1.37. The van der Waals surface area contributed by atoms with Crippen molar-refractivity contribution < 1.29 is 0 Å². The molecular weight excluding hydrogens is 120 g/mol. The van der Waals surface area contributed by atoms with Crippen molar-refractivity contribution in [3.63, 3.8) is 0 Å². The summed E-state index contributed by atoms with van der Waals surface area (Å²) >= 11 is 0. The molecular formula is C10H13. The minimum atomic E-state index is 0.175. The van der Waals surface area contributed by atoms with Gasteiger partial charge in [0, 0.05) is 5.41 Å². The summed E-state index contributed by atoms with van der Waals surface area (Å²) in [4.78, 5) is 0. The summed E-state index contributed by atoms with van der Waals surface area (Å²) in [5, 5.41) is 0. The predicted molar refractivity (Wildman–Crippen MR) is 44.5 cm³/mol. The van der Waals surface area contributed by atoms with Crippen LogP contribution in [0, 0.1) is 11.5 Å². The average Bonchev–Trinajstić information content (AvgIpc) is 1.94. The molecule has 0 heterocycles. The maximum atomic E-state index is 3.21. The molecule has 1 aliphatic carbocycles. The second-order valence-corrected chi connectivity index (χ2v) is 3.32. The van der Waals surface area contributed by atoms with E-state index in [9.17, 15) is 0 Å². The van der Waals surface area contributed by atoms with Gasteiger partial charge in [-0.05, 0) is 18.6 Å². The van der Waals surface area contributed by atoms with E-state index in [2.05, 4.69) is 51.2 Å². The molecule has 1 rings (SSSR count). The van der Waals surface area contributed by atoms with Gasteiger partial charge in [0.15, 0.2) is 0 Å². The van der Waals surface area contributed by atoms with Gasteiger partial charge < -0.3 is 0 Å². The summed E-state index contributed by atoms with van der Waals surface area (Å²) in [6, 6.07) is 0. The first kappa shape index (κ1) is 7.33. The Morgan fingerprint density at radius 3 is 2.80 bits per heavy atom. The monoisotopic (exact) mass is 133 g/mol. The van der Waals surface area contributed by atoms with Gasteiger partial charge >= 0.3 is 0 Å². The highest BCUT2D eigenvalue weighted by Crippen LogP contribution is 2.21. The first-order valence-electron chi connectivity index (χ1n) is 3.57. The molecule has 0 saturated heterocycles. The molecule has 1 radical (unpaired) electrons. The molecule has 0 spiro atoms. The van der Waals surface area contributed by atoms with Crippen LogP contribution in [0.3, 0.4) is 0 Å². The zero-order chi connectivity index (χ0) is 7.61. The Kier molecular flexibility index (Phi) is 1.80. The van der Waals surface area contributed by atoms with Crippen molar-refractivity contribution in [3.8, 4) is 0 Å².